The number of hydrogen-bond acceptors (Lipinski definition) is 3. The van der Waals surface area contributed by atoms with Crippen LogP contribution in [-0.2, 0) is 14.4 Å². The summed E-state index contributed by atoms with van der Waals surface area (Å²) in [4.78, 5) is 29.4. The molecule has 0 atom stereocenters. The zero-order chi connectivity index (χ0) is 13.4. The highest BCUT2D eigenvalue weighted by Crippen LogP contribution is 2.29. The molecule has 0 aliphatic heterocycles. The lowest BCUT2D eigenvalue weighted by molar-refractivity contribution is -0.134. The van der Waals surface area contributed by atoms with Crippen LogP contribution in [0.1, 0.15) is 26.2 Å². The molecule has 0 bridgehead atoms. The van der Waals surface area contributed by atoms with Gasteiger partial charge in [0, 0.05) is 17.7 Å². The third-order valence-corrected chi connectivity index (χ3v) is 2.16. The summed E-state index contributed by atoms with van der Waals surface area (Å²) in [5.74, 6) is -3.24. The van der Waals surface area contributed by atoms with E-state index in [-0.39, 0.29) is 0 Å². The largest absolute Gasteiger partial charge is 0.478 e. The van der Waals surface area contributed by atoms with Crippen LogP contribution in [0.5, 0.6) is 0 Å². The molecule has 6 heteroatoms. The van der Waals surface area contributed by atoms with E-state index in [0.717, 1.165) is 24.8 Å². The van der Waals surface area contributed by atoms with Gasteiger partial charge in [0.25, 0.3) is 0 Å². The van der Waals surface area contributed by atoms with Crippen molar-refractivity contribution in [2.75, 3.05) is 0 Å². The van der Waals surface area contributed by atoms with Crippen LogP contribution < -0.4 is 0 Å². The van der Waals surface area contributed by atoms with Gasteiger partial charge in [-0.2, -0.15) is 0 Å². The normalized spacial score (nSPS) is 13.7. The molecule has 0 heterocycles. The molecule has 0 aromatic carbocycles. The fourth-order valence-electron chi connectivity index (χ4n) is 1.22. The third kappa shape index (κ3) is 6.14. The van der Waals surface area contributed by atoms with Gasteiger partial charge in [0.05, 0.1) is 0 Å². The zero-order valence-electron chi connectivity index (χ0n) is 9.34. The Balaban J connectivity index is 0.000000304. The molecule has 0 aromatic heterocycles. The van der Waals surface area contributed by atoms with Crippen molar-refractivity contribution in [3.63, 3.8) is 0 Å². The molecule has 0 fully saturated rings. The Hall–Kier alpha value is -2.11. The van der Waals surface area contributed by atoms with Crippen LogP contribution in [0.4, 0.5) is 0 Å². The topological polar surface area (TPSA) is 112 Å². The van der Waals surface area contributed by atoms with Gasteiger partial charge in [-0.05, 0) is 19.3 Å². The number of hydrogen-bond donors (Lipinski definition) is 3. The Labute approximate surface area is 97.9 Å². The molecule has 0 saturated heterocycles. The molecular formula is C11H14O6. The van der Waals surface area contributed by atoms with Crippen LogP contribution in [0.25, 0.3) is 0 Å². The van der Waals surface area contributed by atoms with E-state index >= 15 is 0 Å². The van der Waals surface area contributed by atoms with E-state index in [0.29, 0.717) is 17.7 Å². The van der Waals surface area contributed by atoms with Gasteiger partial charge in [-0.25, -0.2) is 14.4 Å². The van der Waals surface area contributed by atoms with Crippen LogP contribution in [0.2, 0.25) is 0 Å². The van der Waals surface area contributed by atoms with Crippen LogP contribution in [0.3, 0.4) is 0 Å². The molecular weight excluding hydrogens is 228 g/mol. The third-order valence-electron chi connectivity index (χ3n) is 2.16. The molecule has 0 saturated carbocycles. The van der Waals surface area contributed by atoms with E-state index in [1.165, 1.54) is 0 Å². The summed E-state index contributed by atoms with van der Waals surface area (Å²) in [5.41, 5.74) is 1.78. The Morgan fingerprint density at radius 2 is 1.53 bits per heavy atom. The Kier molecular flexibility index (Phi) is 6.32. The zero-order valence-corrected chi connectivity index (χ0v) is 9.34. The molecule has 1 aliphatic rings. The van der Waals surface area contributed by atoms with Crippen LogP contribution in [-0.4, -0.2) is 33.2 Å². The minimum atomic E-state index is -1.26. The van der Waals surface area contributed by atoms with Crippen LogP contribution >= 0.6 is 0 Å². The first kappa shape index (κ1) is 14.9. The van der Waals surface area contributed by atoms with Crippen LogP contribution in [0, 0.1) is 0 Å². The molecule has 1 rings (SSSR count). The maximum absolute atomic E-state index is 10.3. The molecule has 0 radical (unpaired) electrons. The van der Waals surface area contributed by atoms with Gasteiger partial charge in [0.2, 0.25) is 0 Å². The first-order valence-electron chi connectivity index (χ1n) is 4.96. The Morgan fingerprint density at radius 1 is 1.06 bits per heavy atom. The van der Waals surface area contributed by atoms with Gasteiger partial charge in [-0.15, -0.1) is 0 Å². The number of carbonyl (C=O) groups is 3. The molecule has 3 N–H and O–H groups in total. The maximum atomic E-state index is 10.3. The monoisotopic (exact) mass is 242 g/mol. The maximum Gasteiger partial charge on any atom is 0.331 e. The average Bonchev–Trinajstić information content (AvgIpc) is 2.13. The lowest BCUT2D eigenvalue weighted by Crippen LogP contribution is -2.12. The van der Waals surface area contributed by atoms with Crippen molar-refractivity contribution in [3.8, 4) is 0 Å². The fourth-order valence-corrected chi connectivity index (χ4v) is 1.22. The number of allylic oxidation sites excluding steroid dienone is 1. The minimum Gasteiger partial charge on any atom is -0.478 e. The first-order chi connectivity index (χ1) is 7.88. The van der Waals surface area contributed by atoms with Gasteiger partial charge >= 0.3 is 17.9 Å². The van der Waals surface area contributed by atoms with Crippen molar-refractivity contribution < 1.29 is 29.7 Å². The van der Waals surface area contributed by atoms with Crippen molar-refractivity contribution in [3.05, 3.63) is 23.3 Å². The second-order valence-electron chi connectivity index (χ2n) is 3.25. The highest BCUT2D eigenvalue weighted by Gasteiger charge is 2.20. The van der Waals surface area contributed by atoms with E-state index in [2.05, 4.69) is 0 Å². The number of rotatable bonds is 4. The molecule has 0 aromatic rings. The molecule has 0 unspecified atom stereocenters. The Bertz CT molecular complexity index is 361. The van der Waals surface area contributed by atoms with E-state index in [1.54, 1.807) is 0 Å². The first-order valence-corrected chi connectivity index (χ1v) is 4.96. The standard InChI is InChI=1S/C7H10O2.C4H4O4/c1-2-5-3-4-6(5)7(8)9;5-3(6)1-2-4(7)8/h2-4H2,1H3,(H,8,9);1-2H,(H,5,6)(H,7,8)/b;2-1-. The fraction of sp³-hybridized carbons (Fsp3) is 0.364. The predicted molar refractivity (Wildman–Crippen MR) is 58.6 cm³/mol. The lowest BCUT2D eigenvalue weighted by atomic mass is 9.87. The summed E-state index contributed by atoms with van der Waals surface area (Å²) < 4.78 is 0. The summed E-state index contributed by atoms with van der Waals surface area (Å²) in [7, 11) is 0. The van der Waals surface area contributed by atoms with E-state index in [9.17, 15) is 14.4 Å². The SMILES string of the molecule is CCC1=C(C(=O)O)CC1.O=C(O)/C=C\C(=O)O. The summed E-state index contributed by atoms with van der Waals surface area (Å²) in [5, 5.41) is 24.1. The minimum absolute atomic E-state index is 0.558. The van der Waals surface area contributed by atoms with Crippen molar-refractivity contribution in [2.45, 2.75) is 26.2 Å². The summed E-state index contributed by atoms with van der Waals surface area (Å²) in [6, 6.07) is 0. The quantitative estimate of drug-likeness (QED) is 0.640. The molecule has 1 aliphatic carbocycles. The highest BCUT2D eigenvalue weighted by atomic mass is 16.4. The second kappa shape index (κ2) is 7.21. The predicted octanol–water partition coefficient (Wildman–Crippen LogP) is 1.28. The Morgan fingerprint density at radius 3 is 1.65 bits per heavy atom. The molecule has 0 amide bonds. The van der Waals surface area contributed by atoms with E-state index in [1.807, 2.05) is 6.92 Å². The average molecular weight is 242 g/mol. The smallest absolute Gasteiger partial charge is 0.331 e. The number of aliphatic carboxylic acids is 3. The van der Waals surface area contributed by atoms with Gasteiger partial charge in [0.1, 0.15) is 0 Å². The highest BCUT2D eigenvalue weighted by molar-refractivity contribution is 5.89. The van der Waals surface area contributed by atoms with Crippen molar-refractivity contribution in [1.82, 2.24) is 0 Å². The number of carboxylic acid groups (broad SMARTS) is 3. The number of carboxylic acids is 3. The van der Waals surface area contributed by atoms with Gasteiger partial charge in [-0.1, -0.05) is 12.5 Å². The van der Waals surface area contributed by atoms with Crippen molar-refractivity contribution in [1.29, 1.82) is 0 Å². The second-order valence-corrected chi connectivity index (χ2v) is 3.25. The van der Waals surface area contributed by atoms with Gasteiger partial charge in [-0.3, -0.25) is 0 Å². The van der Waals surface area contributed by atoms with E-state index < -0.39 is 17.9 Å². The van der Waals surface area contributed by atoms with Crippen molar-refractivity contribution in [2.24, 2.45) is 0 Å². The summed E-state index contributed by atoms with van der Waals surface area (Å²) in [6.45, 7) is 2.00. The molecule has 94 valence electrons. The summed E-state index contributed by atoms with van der Waals surface area (Å²) >= 11 is 0. The summed E-state index contributed by atoms with van der Waals surface area (Å²) in [6.07, 6.45) is 3.79. The van der Waals surface area contributed by atoms with Gasteiger partial charge < -0.3 is 15.3 Å². The van der Waals surface area contributed by atoms with Crippen LogP contribution in [0.15, 0.2) is 23.3 Å². The molecule has 17 heavy (non-hydrogen) atoms. The lowest BCUT2D eigenvalue weighted by Gasteiger charge is -2.18. The molecule has 0 spiro atoms. The van der Waals surface area contributed by atoms with E-state index in [4.69, 9.17) is 15.3 Å². The van der Waals surface area contributed by atoms with Crippen molar-refractivity contribution >= 4 is 17.9 Å². The van der Waals surface area contributed by atoms with Gasteiger partial charge in [0.15, 0.2) is 0 Å². The molecule has 6 nitrogen and oxygen atoms in total.